The minimum Gasteiger partial charge on any atom is -0.508 e. The Hall–Kier alpha value is -2.54. The summed E-state index contributed by atoms with van der Waals surface area (Å²) in [5.41, 5.74) is 2.05. The van der Waals surface area contributed by atoms with Crippen molar-refractivity contribution in [1.82, 2.24) is 4.83 Å². The Kier molecular flexibility index (Phi) is 4.60. The fourth-order valence-electron chi connectivity index (χ4n) is 2.15. The van der Waals surface area contributed by atoms with Gasteiger partial charge in [-0.1, -0.05) is 17.7 Å². The lowest BCUT2D eigenvalue weighted by molar-refractivity contribution is 0.459. The number of rotatable bonds is 4. The SMILES string of the molecule is C/C(=N/NS(=O)(=O)c1ccc(C)cc1C)c1cc(O)ccc1O. The van der Waals surface area contributed by atoms with Crippen LogP contribution in [0.25, 0.3) is 0 Å². The van der Waals surface area contributed by atoms with Crippen molar-refractivity contribution in [1.29, 1.82) is 0 Å². The average Bonchev–Trinajstić information content (AvgIpc) is 2.47. The van der Waals surface area contributed by atoms with Gasteiger partial charge >= 0.3 is 0 Å². The van der Waals surface area contributed by atoms with Crippen LogP contribution in [0.15, 0.2) is 46.4 Å². The Labute approximate surface area is 135 Å². The molecule has 0 heterocycles. The number of aryl methyl sites for hydroxylation is 2. The molecule has 0 saturated carbocycles. The number of hydrogen-bond donors (Lipinski definition) is 3. The van der Waals surface area contributed by atoms with E-state index in [1.165, 1.54) is 31.2 Å². The molecule has 2 rings (SSSR count). The third kappa shape index (κ3) is 3.81. The van der Waals surface area contributed by atoms with Crippen molar-refractivity contribution in [3.05, 3.63) is 53.1 Å². The van der Waals surface area contributed by atoms with Gasteiger partial charge in [-0.2, -0.15) is 18.4 Å². The third-order valence-corrected chi connectivity index (χ3v) is 4.69. The zero-order chi connectivity index (χ0) is 17.2. The largest absolute Gasteiger partial charge is 0.508 e. The van der Waals surface area contributed by atoms with Crippen molar-refractivity contribution in [3.8, 4) is 11.5 Å². The highest BCUT2D eigenvalue weighted by atomic mass is 32.2. The summed E-state index contributed by atoms with van der Waals surface area (Å²) in [5, 5.41) is 23.0. The molecule has 23 heavy (non-hydrogen) atoms. The summed E-state index contributed by atoms with van der Waals surface area (Å²) in [6, 6.07) is 8.93. The molecule has 0 aliphatic rings. The van der Waals surface area contributed by atoms with Gasteiger partial charge in [0, 0.05) is 5.56 Å². The molecular weight excluding hydrogens is 316 g/mol. The van der Waals surface area contributed by atoms with Gasteiger partial charge in [0.05, 0.1) is 10.6 Å². The van der Waals surface area contributed by atoms with Crippen LogP contribution >= 0.6 is 0 Å². The van der Waals surface area contributed by atoms with E-state index in [9.17, 15) is 18.6 Å². The maximum atomic E-state index is 12.3. The van der Waals surface area contributed by atoms with E-state index in [1.807, 2.05) is 6.92 Å². The van der Waals surface area contributed by atoms with E-state index in [0.29, 0.717) is 5.56 Å². The molecule has 7 heteroatoms. The molecular formula is C16H18N2O4S. The molecule has 122 valence electrons. The number of phenolic OH excluding ortho intramolecular Hbond substituents is 2. The topological polar surface area (TPSA) is 99.0 Å². The summed E-state index contributed by atoms with van der Waals surface area (Å²) in [7, 11) is -3.82. The number of nitrogens with one attached hydrogen (secondary N) is 1. The molecule has 0 amide bonds. The summed E-state index contributed by atoms with van der Waals surface area (Å²) in [6.07, 6.45) is 0. The predicted molar refractivity (Wildman–Crippen MR) is 88.2 cm³/mol. The molecule has 0 radical (unpaired) electrons. The molecule has 0 aromatic heterocycles. The average molecular weight is 334 g/mol. The minimum absolute atomic E-state index is 0.0513. The number of aromatic hydroxyl groups is 2. The van der Waals surface area contributed by atoms with Crippen LogP contribution < -0.4 is 4.83 Å². The highest BCUT2D eigenvalue weighted by molar-refractivity contribution is 7.89. The van der Waals surface area contributed by atoms with Crippen molar-refractivity contribution in [2.45, 2.75) is 25.7 Å². The van der Waals surface area contributed by atoms with Gasteiger partial charge < -0.3 is 10.2 Å². The summed E-state index contributed by atoms with van der Waals surface area (Å²) in [4.78, 5) is 2.29. The van der Waals surface area contributed by atoms with Crippen molar-refractivity contribution in [3.63, 3.8) is 0 Å². The van der Waals surface area contributed by atoms with Crippen LogP contribution in [0, 0.1) is 13.8 Å². The Bertz CT molecular complexity index is 874. The number of benzene rings is 2. The van der Waals surface area contributed by atoms with Gasteiger partial charge in [0.1, 0.15) is 11.5 Å². The Balaban J connectivity index is 2.32. The van der Waals surface area contributed by atoms with Crippen molar-refractivity contribution >= 4 is 15.7 Å². The Morgan fingerprint density at radius 3 is 2.43 bits per heavy atom. The normalized spacial score (nSPS) is 12.2. The minimum atomic E-state index is -3.82. The van der Waals surface area contributed by atoms with E-state index >= 15 is 0 Å². The van der Waals surface area contributed by atoms with Crippen LogP contribution in [0.3, 0.4) is 0 Å². The van der Waals surface area contributed by atoms with E-state index in [1.54, 1.807) is 19.1 Å². The van der Waals surface area contributed by atoms with Gasteiger partial charge in [-0.3, -0.25) is 0 Å². The molecule has 0 saturated heterocycles. The standard InChI is InChI=1S/C16H18N2O4S/c1-10-4-7-16(11(2)8-10)23(21,22)18-17-12(3)14-9-13(19)5-6-15(14)20/h4-9,18-20H,1-3H3/b17-12-. The molecule has 0 aliphatic carbocycles. The van der Waals surface area contributed by atoms with Crippen molar-refractivity contribution < 1.29 is 18.6 Å². The van der Waals surface area contributed by atoms with Gasteiger partial charge in [-0.05, 0) is 50.6 Å². The van der Waals surface area contributed by atoms with E-state index in [2.05, 4.69) is 9.93 Å². The Morgan fingerprint density at radius 1 is 1.09 bits per heavy atom. The molecule has 0 aliphatic heterocycles. The second-order valence-electron chi connectivity index (χ2n) is 5.26. The molecule has 0 bridgehead atoms. The molecule has 0 spiro atoms. The first-order chi connectivity index (χ1) is 10.7. The van der Waals surface area contributed by atoms with Crippen LogP contribution in [-0.2, 0) is 10.0 Å². The fraction of sp³-hybridized carbons (Fsp3) is 0.188. The van der Waals surface area contributed by atoms with Gasteiger partial charge in [-0.15, -0.1) is 0 Å². The second kappa shape index (κ2) is 6.29. The molecule has 3 N–H and O–H groups in total. The highest BCUT2D eigenvalue weighted by Crippen LogP contribution is 2.23. The summed E-state index contributed by atoms with van der Waals surface area (Å²) in [6.45, 7) is 5.11. The van der Waals surface area contributed by atoms with Gasteiger partial charge in [0.15, 0.2) is 0 Å². The van der Waals surface area contributed by atoms with Crippen LogP contribution in [0.2, 0.25) is 0 Å². The molecule has 2 aromatic carbocycles. The number of hydrogen-bond acceptors (Lipinski definition) is 5. The number of sulfonamides is 1. The van der Waals surface area contributed by atoms with E-state index in [4.69, 9.17) is 0 Å². The van der Waals surface area contributed by atoms with Crippen molar-refractivity contribution in [2.24, 2.45) is 5.10 Å². The first-order valence-electron chi connectivity index (χ1n) is 6.86. The number of phenols is 2. The maximum absolute atomic E-state index is 12.3. The van der Waals surface area contributed by atoms with Crippen LogP contribution in [0.1, 0.15) is 23.6 Å². The zero-order valence-corrected chi connectivity index (χ0v) is 13.8. The lowest BCUT2D eigenvalue weighted by atomic mass is 10.1. The van der Waals surface area contributed by atoms with Crippen LogP contribution in [0.4, 0.5) is 0 Å². The molecule has 2 aromatic rings. The summed E-state index contributed by atoms with van der Waals surface area (Å²) >= 11 is 0. The molecule has 0 fully saturated rings. The van der Waals surface area contributed by atoms with Crippen LogP contribution in [0.5, 0.6) is 11.5 Å². The highest BCUT2D eigenvalue weighted by Gasteiger charge is 2.16. The zero-order valence-electron chi connectivity index (χ0n) is 13.0. The van der Waals surface area contributed by atoms with E-state index < -0.39 is 10.0 Å². The van der Waals surface area contributed by atoms with Gasteiger partial charge in [0.2, 0.25) is 0 Å². The quantitative estimate of drug-likeness (QED) is 0.454. The molecule has 0 unspecified atom stereocenters. The van der Waals surface area contributed by atoms with Crippen LogP contribution in [-0.4, -0.2) is 24.3 Å². The number of nitrogens with zero attached hydrogens (tertiary/aromatic N) is 1. The summed E-state index contributed by atoms with van der Waals surface area (Å²) in [5.74, 6) is -0.153. The summed E-state index contributed by atoms with van der Waals surface area (Å²) < 4.78 is 24.6. The van der Waals surface area contributed by atoms with Crippen molar-refractivity contribution in [2.75, 3.05) is 0 Å². The smallest absolute Gasteiger partial charge is 0.276 e. The van der Waals surface area contributed by atoms with Gasteiger partial charge in [-0.25, -0.2) is 0 Å². The third-order valence-electron chi connectivity index (χ3n) is 3.32. The lowest BCUT2D eigenvalue weighted by Crippen LogP contribution is -2.21. The molecule has 6 nitrogen and oxygen atoms in total. The number of hydrazone groups is 1. The van der Waals surface area contributed by atoms with Gasteiger partial charge in [0.25, 0.3) is 10.0 Å². The monoisotopic (exact) mass is 334 g/mol. The van der Waals surface area contributed by atoms with E-state index in [0.717, 1.165) is 5.56 Å². The second-order valence-corrected chi connectivity index (χ2v) is 6.89. The Morgan fingerprint density at radius 2 is 1.78 bits per heavy atom. The van der Waals surface area contributed by atoms with E-state index in [-0.39, 0.29) is 27.7 Å². The molecule has 0 atom stereocenters. The first kappa shape index (κ1) is 16.8. The lowest BCUT2D eigenvalue weighted by Gasteiger charge is -2.09. The first-order valence-corrected chi connectivity index (χ1v) is 8.35. The maximum Gasteiger partial charge on any atom is 0.276 e. The predicted octanol–water partition coefficient (Wildman–Crippen LogP) is 2.42. The fourth-order valence-corrected chi connectivity index (χ4v) is 3.24.